The van der Waals surface area contributed by atoms with Crippen molar-refractivity contribution in [2.75, 3.05) is 19.8 Å². The number of fused-ring (bicyclic) bond motifs is 2. The second-order valence-corrected chi connectivity index (χ2v) is 11.9. The first-order chi connectivity index (χ1) is 22.9. The Hall–Kier alpha value is -5.15. The van der Waals surface area contributed by atoms with Crippen LogP contribution in [0.1, 0.15) is 50.4 Å². The lowest BCUT2D eigenvalue weighted by molar-refractivity contribution is -0.139. The average molecular weight is 649 g/mol. The Morgan fingerprint density at radius 3 is 2.40 bits per heavy atom. The molecule has 1 aliphatic heterocycles. The van der Waals surface area contributed by atoms with E-state index in [1.807, 2.05) is 80.6 Å². The number of hydrogen-bond donors (Lipinski definition) is 0. The first-order valence-corrected chi connectivity index (χ1v) is 16.5. The zero-order chi connectivity index (χ0) is 32.9. The number of rotatable bonds is 11. The van der Waals surface area contributed by atoms with Gasteiger partial charge in [-0.2, -0.15) is 0 Å². The predicted molar refractivity (Wildman–Crippen MR) is 184 cm³/mol. The van der Waals surface area contributed by atoms with Crippen molar-refractivity contribution in [3.8, 4) is 17.2 Å². The molecule has 5 aromatic rings. The molecule has 1 atom stereocenters. The minimum atomic E-state index is -0.702. The lowest BCUT2D eigenvalue weighted by atomic mass is 9.96. The van der Waals surface area contributed by atoms with Gasteiger partial charge >= 0.3 is 5.97 Å². The number of nitrogens with zero attached hydrogens (tertiary/aromatic N) is 2. The number of aromatic nitrogens is 1. The number of hydrogen-bond acceptors (Lipinski definition) is 8. The van der Waals surface area contributed by atoms with Crippen LogP contribution >= 0.6 is 11.3 Å². The molecule has 0 bridgehead atoms. The molecule has 6 rings (SSSR count). The van der Waals surface area contributed by atoms with E-state index in [1.165, 1.54) is 11.3 Å². The third-order valence-electron chi connectivity index (χ3n) is 7.85. The van der Waals surface area contributed by atoms with Crippen molar-refractivity contribution in [2.24, 2.45) is 4.99 Å². The van der Waals surface area contributed by atoms with Crippen LogP contribution in [0.5, 0.6) is 17.2 Å². The molecule has 0 unspecified atom stereocenters. The highest BCUT2D eigenvalue weighted by Gasteiger charge is 2.33. The van der Waals surface area contributed by atoms with Crippen LogP contribution in [0.3, 0.4) is 0 Å². The van der Waals surface area contributed by atoms with Gasteiger partial charge in [-0.1, -0.05) is 72.0 Å². The zero-order valence-corrected chi connectivity index (χ0v) is 27.6. The average Bonchev–Trinajstić information content (AvgIpc) is 3.38. The van der Waals surface area contributed by atoms with E-state index in [4.69, 9.17) is 18.9 Å². The van der Waals surface area contributed by atoms with E-state index in [0.29, 0.717) is 57.7 Å². The quantitative estimate of drug-likeness (QED) is 0.156. The van der Waals surface area contributed by atoms with Crippen molar-refractivity contribution in [3.63, 3.8) is 0 Å². The highest BCUT2D eigenvalue weighted by atomic mass is 32.1. The molecule has 0 N–H and O–H groups in total. The molecule has 8 nitrogen and oxygen atoms in total. The van der Waals surface area contributed by atoms with Crippen molar-refractivity contribution >= 4 is 34.2 Å². The summed E-state index contributed by atoms with van der Waals surface area (Å²) in [6.45, 7) is 8.94. The second kappa shape index (κ2) is 14.1. The summed E-state index contributed by atoms with van der Waals surface area (Å²) in [5.41, 5.74) is 3.20. The van der Waals surface area contributed by atoms with Gasteiger partial charge in [0.1, 0.15) is 12.4 Å². The van der Waals surface area contributed by atoms with Crippen LogP contribution in [-0.2, 0) is 16.1 Å². The van der Waals surface area contributed by atoms with Crippen molar-refractivity contribution in [1.29, 1.82) is 0 Å². The highest BCUT2D eigenvalue weighted by molar-refractivity contribution is 7.07. The zero-order valence-electron chi connectivity index (χ0n) is 26.8. The van der Waals surface area contributed by atoms with Crippen LogP contribution in [0, 0.1) is 0 Å². The summed E-state index contributed by atoms with van der Waals surface area (Å²) in [6, 6.07) is 26.8. The van der Waals surface area contributed by atoms with Crippen LogP contribution < -0.4 is 29.1 Å². The molecular weight excluding hydrogens is 612 g/mol. The van der Waals surface area contributed by atoms with E-state index in [0.717, 1.165) is 27.5 Å². The molecule has 1 aliphatic rings. The Morgan fingerprint density at radius 1 is 0.872 bits per heavy atom. The van der Waals surface area contributed by atoms with Gasteiger partial charge in [-0.05, 0) is 85.5 Å². The predicted octanol–water partition coefficient (Wildman–Crippen LogP) is 6.33. The van der Waals surface area contributed by atoms with Crippen LogP contribution in [0.2, 0.25) is 0 Å². The molecular formula is C38H36N2O6S. The molecule has 0 amide bonds. The van der Waals surface area contributed by atoms with Gasteiger partial charge in [0.25, 0.3) is 5.56 Å². The third-order valence-corrected chi connectivity index (χ3v) is 8.84. The Balaban J connectivity index is 1.37. The molecule has 2 heterocycles. The third kappa shape index (κ3) is 6.57. The van der Waals surface area contributed by atoms with Crippen molar-refractivity contribution in [3.05, 3.63) is 133 Å². The van der Waals surface area contributed by atoms with E-state index in [-0.39, 0.29) is 12.2 Å². The SMILES string of the molecule is CCOC(=O)C1=C(C)N=c2s/c(=C\c3ccc(OCc4cccc5ccccc45)c(OCC)c3)c(=O)n2[C@H]1c1ccc(OCC)cc1. The molecule has 0 saturated heterocycles. The molecule has 9 heteroatoms. The van der Waals surface area contributed by atoms with Gasteiger partial charge in [0.15, 0.2) is 16.3 Å². The van der Waals surface area contributed by atoms with Crippen molar-refractivity contribution in [2.45, 2.75) is 40.3 Å². The summed E-state index contributed by atoms with van der Waals surface area (Å²) in [7, 11) is 0. The number of carbonyl (C=O) groups is 1. The van der Waals surface area contributed by atoms with E-state index >= 15 is 0 Å². The van der Waals surface area contributed by atoms with Gasteiger partial charge < -0.3 is 18.9 Å². The first kappa shape index (κ1) is 31.8. The monoisotopic (exact) mass is 648 g/mol. The largest absolute Gasteiger partial charge is 0.494 e. The lowest BCUT2D eigenvalue weighted by Crippen LogP contribution is -2.39. The molecule has 0 saturated carbocycles. The van der Waals surface area contributed by atoms with Crippen LogP contribution in [0.4, 0.5) is 0 Å². The summed E-state index contributed by atoms with van der Waals surface area (Å²) in [4.78, 5) is 32.5. The minimum absolute atomic E-state index is 0.208. The Labute approximate surface area is 276 Å². The van der Waals surface area contributed by atoms with Crippen LogP contribution in [0.15, 0.2) is 106 Å². The second-order valence-electron chi connectivity index (χ2n) is 10.9. The van der Waals surface area contributed by atoms with E-state index < -0.39 is 12.0 Å². The first-order valence-electron chi connectivity index (χ1n) is 15.7. The standard InChI is InChI=1S/C38H36N2O6S/c1-5-43-29-18-16-27(17-19-29)35-34(37(42)45-7-3)24(4)39-38-40(35)36(41)33(47-38)22-25-15-20-31(32(21-25)44-6-2)46-23-28-13-10-12-26-11-8-9-14-30(26)28/h8-22,35H,5-7,23H2,1-4H3/b33-22-/t35-/m0/s1. The Kier molecular flexibility index (Phi) is 9.54. The fourth-order valence-corrected chi connectivity index (χ4v) is 6.79. The van der Waals surface area contributed by atoms with E-state index in [2.05, 4.69) is 29.3 Å². The fraction of sp³-hybridized carbons (Fsp3) is 0.237. The minimum Gasteiger partial charge on any atom is -0.494 e. The van der Waals surface area contributed by atoms with Gasteiger partial charge in [-0.3, -0.25) is 9.36 Å². The van der Waals surface area contributed by atoms with Gasteiger partial charge in [0, 0.05) is 0 Å². The maximum atomic E-state index is 14.1. The molecule has 1 aromatic heterocycles. The summed E-state index contributed by atoms with van der Waals surface area (Å²) >= 11 is 1.27. The molecule has 0 aliphatic carbocycles. The summed E-state index contributed by atoms with van der Waals surface area (Å²) < 4.78 is 25.3. The number of carbonyl (C=O) groups excluding carboxylic acids is 1. The molecule has 0 fully saturated rings. The number of esters is 1. The normalized spacial score (nSPS) is 14.5. The fourth-order valence-electron chi connectivity index (χ4n) is 5.75. The summed E-state index contributed by atoms with van der Waals surface area (Å²) in [5.74, 6) is 1.41. The van der Waals surface area contributed by atoms with Gasteiger partial charge in [0.05, 0.1) is 41.7 Å². The van der Waals surface area contributed by atoms with Crippen LogP contribution in [0.25, 0.3) is 16.8 Å². The van der Waals surface area contributed by atoms with E-state index in [1.54, 1.807) is 18.4 Å². The van der Waals surface area contributed by atoms with Crippen molar-refractivity contribution in [1.82, 2.24) is 4.57 Å². The van der Waals surface area contributed by atoms with Gasteiger partial charge in [-0.25, -0.2) is 9.79 Å². The van der Waals surface area contributed by atoms with Gasteiger partial charge in [-0.15, -0.1) is 0 Å². The highest BCUT2D eigenvalue weighted by Crippen LogP contribution is 2.33. The summed E-state index contributed by atoms with van der Waals surface area (Å²) in [5, 5.41) is 2.30. The van der Waals surface area contributed by atoms with Crippen LogP contribution in [-0.4, -0.2) is 30.4 Å². The topological polar surface area (TPSA) is 88.4 Å². The van der Waals surface area contributed by atoms with Crippen molar-refractivity contribution < 1.29 is 23.7 Å². The maximum absolute atomic E-state index is 14.1. The Morgan fingerprint density at radius 2 is 1.64 bits per heavy atom. The molecule has 0 radical (unpaired) electrons. The molecule has 240 valence electrons. The summed E-state index contributed by atoms with van der Waals surface area (Å²) in [6.07, 6.45) is 1.82. The molecule has 47 heavy (non-hydrogen) atoms. The molecule has 4 aromatic carbocycles. The molecule has 0 spiro atoms. The van der Waals surface area contributed by atoms with Gasteiger partial charge in [0.2, 0.25) is 0 Å². The number of thiazole rings is 1. The number of ether oxygens (including phenoxy) is 4. The maximum Gasteiger partial charge on any atom is 0.338 e. The number of benzene rings is 4. The smallest absolute Gasteiger partial charge is 0.338 e. The lowest BCUT2D eigenvalue weighted by Gasteiger charge is -2.24. The Bertz CT molecular complexity index is 2140. The number of allylic oxidation sites excluding steroid dienone is 1. The van der Waals surface area contributed by atoms with E-state index in [9.17, 15) is 9.59 Å².